The van der Waals surface area contributed by atoms with E-state index in [1.54, 1.807) is 36.7 Å². The van der Waals surface area contributed by atoms with Crippen LogP contribution in [-0.4, -0.2) is 47.9 Å². The summed E-state index contributed by atoms with van der Waals surface area (Å²) in [5, 5.41) is 2.86. The minimum Gasteiger partial charge on any atom is -0.494 e. The summed E-state index contributed by atoms with van der Waals surface area (Å²) in [6, 6.07) is 12.1. The Hall–Kier alpha value is -2.91. The van der Waals surface area contributed by atoms with Crippen molar-refractivity contribution < 1.29 is 17.9 Å². The normalized spacial score (nSPS) is 11.7. The third-order valence-electron chi connectivity index (χ3n) is 4.96. The molecule has 9 heteroatoms. The number of carbonyl (C=O) groups is 1. The SMILES string of the molecule is CCOc1ccc(NC(=O)CCn2cnc3cc(S(=O)(=O)N(CC)CC)ccc32)cc1. The Morgan fingerprint density at radius 3 is 2.45 bits per heavy atom. The molecular weight excluding hydrogens is 416 g/mol. The summed E-state index contributed by atoms with van der Waals surface area (Å²) >= 11 is 0. The topological polar surface area (TPSA) is 93.5 Å². The molecule has 0 saturated heterocycles. The van der Waals surface area contributed by atoms with Crippen LogP contribution < -0.4 is 10.1 Å². The van der Waals surface area contributed by atoms with Crippen LogP contribution in [0.3, 0.4) is 0 Å². The summed E-state index contributed by atoms with van der Waals surface area (Å²) in [5.41, 5.74) is 2.07. The second kappa shape index (κ2) is 9.93. The van der Waals surface area contributed by atoms with E-state index in [0.29, 0.717) is 37.4 Å². The van der Waals surface area contributed by atoms with E-state index in [9.17, 15) is 13.2 Å². The Kier molecular flexibility index (Phi) is 7.29. The first-order valence-electron chi connectivity index (χ1n) is 10.4. The van der Waals surface area contributed by atoms with Gasteiger partial charge in [0, 0.05) is 31.7 Å². The van der Waals surface area contributed by atoms with Crippen LogP contribution in [-0.2, 0) is 21.4 Å². The van der Waals surface area contributed by atoms with Crippen LogP contribution in [0.2, 0.25) is 0 Å². The molecule has 1 amide bonds. The second-order valence-corrected chi connectivity index (χ2v) is 8.87. The molecular formula is C22H28N4O4S. The third-order valence-corrected chi connectivity index (χ3v) is 7.01. The molecule has 1 aromatic heterocycles. The van der Waals surface area contributed by atoms with E-state index in [1.165, 1.54) is 4.31 Å². The highest BCUT2D eigenvalue weighted by molar-refractivity contribution is 7.89. The Morgan fingerprint density at radius 2 is 1.81 bits per heavy atom. The number of sulfonamides is 1. The number of nitrogens with one attached hydrogen (secondary N) is 1. The molecule has 3 rings (SSSR count). The highest BCUT2D eigenvalue weighted by atomic mass is 32.2. The zero-order valence-electron chi connectivity index (χ0n) is 18.0. The number of anilines is 1. The summed E-state index contributed by atoms with van der Waals surface area (Å²) in [7, 11) is -3.54. The van der Waals surface area contributed by atoms with Crippen molar-refractivity contribution in [2.24, 2.45) is 0 Å². The van der Waals surface area contributed by atoms with Gasteiger partial charge >= 0.3 is 0 Å². The minimum absolute atomic E-state index is 0.119. The van der Waals surface area contributed by atoms with Crippen LogP contribution in [0.5, 0.6) is 5.75 Å². The number of hydrogen-bond donors (Lipinski definition) is 1. The van der Waals surface area contributed by atoms with E-state index in [0.717, 1.165) is 11.3 Å². The van der Waals surface area contributed by atoms with Crippen molar-refractivity contribution in [3.05, 3.63) is 48.8 Å². The van der Waals surface area contributed by atoms with Gasteiger partial charge in [-0.2, -0.15) is 4.31 Å². The predicted octanol–water partition coefficient (Wildman–Crippen LogP) is 3.49. The van der Waals surface area contributed by atoms with Crippen molar-refractivity contribution in [3.8, 4) is 5.75 Å². The van der Waals surface area contributed by atoms with E-state index in [4.69, 9.17) is 4.74 Å². The number of nitrogens with zero attached hydrogens (tertiary/aromatic N) is 3. The quantitative estimate of drug-likeness (QED) is 0.517. The number of amides is 1. The van der Waals surface area contributed by atoms with Gasteiger partial charge in [0.2, 0.25) is 15.9 Å². The van der Waals surface area contributed by atoms with Gasteiger partial charge in [0.1, 0.15) is 5.75 Å². The van der Waals surface area contributed by atoms with E-state index in [1.807, 2.05) is 37.5 Å². The minimum atomic E-state index is -3.54. The number of carbonyl (C=O) groups excluding carboxylic acids is 1. The molecule has 0 aliphatic heterocycles. The number of aryl methyl sites for hydroxylation is 1. The highest BCUT2D eigenvalue weighted by Gasteiger charge is 2.22. The van der Waals surface area contributed by atoms with Gasteiger partial charge in [0.05, 0.1) is 28.9 Å². The third kappa shape index (κ3) is 5.23. The Labute approximate surface area is 182 Å². The van der Waals surface area contributed by atoms with Gasteiger partial charge < -0.3 is 14.6 Å². The maximum atomic E-state index is 12.7. The van der Waals surface area contributed by atoms with E-state index >= 15 is 0 Å². The fourth-order valence-corrected chi connectivity index (χ4v) is 4.82. The lowest BCUT2D eigenvalue weighted by Crippen LogP contribution is -2.30. The molecule has 3 aromatic rings. The maximum Gasteiger partial charge on any atom is 0.243 e. The molecule has 0 fully saturated rings. The Morgan fingerprint density at radius 1 is 1.10 bits per heavy atom. The van der Waals surface area contributed by atoms with E-state index in [-0.39, 0.29) is 17.2 Å². The summed E-state index contributed by atoms with van der Waals surface area (Å²) in [6.45, 7) is 7.39. The van der Waals surface area contributed by atoms with Crippen LogP contribution >= 0.6 is 0 Å². The van der Waals surface area contributed by atoms with E-state index < -0.39 is 10.0 Å². The molecule has 31 heavy (non-hydrogen) atoms. The predicted molar refractivity (Wildman–Crippen MR) is 121 cm³/mol. The fraction of sp³-hybridized carbons (Fsp3) is 0.364. The number of rotatable bonds is 10. The molecule has 0 bridgehead atoms. The molecule has 0 radical (unpaired) electrons. The molecule has 0 saturated carbocycles. The molecule has 8 nitrogen and oxygen atoms in total. The van der Waals surface area contributed by atoms with Crippen LogP contribution in [0, 0.1) is 0 Å². The van der Waals surface area contributed by atoms with Crippen molar-refractivity contribution >= 4 is 32.7 Å². The van der Waals surface area contributed by atoms with Gasteiger partial charge in [0.25, 0.3) is 0 Å². The van der Waals surface area contributed by atoms with Crippen molar-refractivity contribution in [2.75, 3.05) is 25.0 Å². The van der Waals surface area contributed by atoms with Crippen LogP contribution in [0.25, 0.3) is 11.0 Å². The van der Waals surface area contributed by atoms with Gasteiger partial charge in [-0.1, -0.05) is 13.8 Å². The lowest BCUT2D eigenvalue weighted by molar-refractivity contribution is -0.116. The lowest BCUT2D eigenvalue weighted by atomic mass is 10.3. The fourth-order valence-electron chi connectivity index (χ4n) is 3.34. The zero-order valence-corrected chi connectivity index (χ0v) is 18.9. The number of aromatic nitrogens is 2. The van der Waals surface area contributed by atoms with Gasteiger partial charge in [-0.15, -0.1) is 0 Å². The molecule has 2 aromatic carbocycles. The first kappa shape index (κ1) is 22.8. The van der Waals surface area contributed by atoms with Gasteiger partial charge in [-0.3, -0.25) is 4.79 Å². The number of benzene rings is 2. The second-order valence-electron chi connectivity index (χ2n) is 6.93. The number of imidazole rings is 1. The van der Waals surface area contributed by atoms with Crippen LogP contribution in [0.4, 0.5) is 5.69 Å². The van der Waals surface area contributed by atoms with Crippen molar-refractivity contribution in [1.82, 2.24) is 13.9 Å². The standard InChI is InChI=1S/C22H28N4O4S/c1-4-26(5-2)31(28,29)19-11-12-21-20(15-19)23-16-25(21)14-13-22(27)24-17-7-9-18(10-8-17)30-6-3/h7-12,15-16H,4-6,13-14H2,1-3H3,(H,24,27). The number of ether oxygens (including phenoxy) is 1. The first-order valence-corrected chi connectivity index (χ1v) is 11.8. The Bertz CT molecular complexity index is 1140. The highest BCUT2D eigenvalue weighted by Crippen LogP contribution is 2.22. The number of fused-ring (bicyclic) bond motifs is 1. The molecule has 1 N–H and O–H groups in total. The summed E-state index contributed by atoms with van der Waals surface area (Å²) in [4.78, 5) is 16.9. The van der Waals surface area contributed by atoms with Gasteiger partial charge in [-0.05, 0) is 49.4 Å². The molecule has 1 heterocycles. The van der Waals surface area contributed by atoms with Crippen molar-refractivity contribution in [2.45, 2.75) is 38.6 Å². The molecule has 0 spiro atoms. The average Bonchev–Trinajstić information content (AvgIpc) is 3.17. The smallest absolute Gasteiger partial charge is 0.243 e. The molecule has 0 aliphatic carbocycles. The summed E-state index contributed by atoms with van der Waals surface area (Å²) < 4.78 is 34.1. The van der Waals surface area contributed by atoms with Crippen molar-refractivity contribution in [3.63, 3.8) is 0 Å². The molecule has 166 valence electrons. The largest absolute Gasteiger partial charge is 0.494 e. The molecule has 0 unspecified atom stereocenters. The van der Waals surface area contributed by atoms with Gasteiger partial charge in [-0.25, -0.2) is 13.4 Å². The van der Waals surface area contributed by atoms with Crippen molar-refractivity contribution in [1.29, 1.82) is 0 Å². The molecule has 0 atom stereocenters. The van der Waals surface area contributed by atoms with Crippen LogP contribution in [0.1, 0.15) is 27.2 Å². The van der Waals surface area contributed by atoms with E-state index in [2.05, 4.69) is 10.3 Å². The average molecular weight is 445 g/mol. The molecule has 0 aliphatic rings. The van der Waals surface area contributed by atoms with Gasteiger partial charge in [0.15, 0.2) is 0 Å². The maximum absolute atomic E-state index is 12.7. The monoisotopic (exact) mass is 444 g/mol. The summed E-state index contributed by atoms with van der Waals surface area (Å²) in [6.07, 6.45) is 1.89. The van der Waals surface area contributed by atoms with Crippen LogP contribution in [0.15, 0.2) is 53.7 Å². The Balaban J connectivity index is 1.66. The first-order chi connectivity index (χ1) is 14.9. The summed E-state index contributed by atoms with van der Waals surface area (Å²) in [5.74, 6) is 0.638. The zero-order chi connectivity index (χ0) is 22.4. The number of hydrogen-bond acceptors (Lipinski definition) is 5. The lowest BCUT2D eigenvalue weighted by Gasteiger charge is -2.18.